The number of thiophene rings is 1. The maximum atomic E-state index is 12.9. The zero-order valence-electron chi connectivity index (χ0n) is 16.2. The SMILES string of the molecule is CC(C)(C)OC(=O)N1CCC2(CC1c1ccccc1)OCCc1ccsc12. The summed E-state index contributed by atoms with van der Waals surface area (Å²) in [5.74, 6) is 0. The lowest BCUT2D eigenvalue weighted by Gasteiger charge is -2.48. The Morgan fingerprint density at radius 2 is 2.04 bits per heavy atom. The minimum Gasteiger partial charge on any atom is -0.444 e. The van der Waals surface area contributed by atoms with Gasteiger partial charge in [0, 0.05) is 17.8 Å². The summed E-state index contributed by atoms with van der Waals surface area (Å²) in [6, 6.07) is 12.4. The first-order valence-electron chi connectivity index (χ1n) is 9.63. The second kappa shape index (κ2) is 6.95. The lowest BCUT2D eigenvalue weighted by atomic mass is 9.80. The van der Waals surface area contributed by atoms with E-state index in [0.29, 0.717) is 6.54 Å². The summed E-state index contributed by atoms with van der Waals surface area (Å²) in [6.45, 7) is 7.12. The zero-order valence-corrected chi connectivity index (χ0v) is 17.1. The van der Waals surface area contributed by atoms with Crippen molar-refractivity contribution in [3.05, 3.63) is 57.8 Å². The summed E-state index contributed by atoms with van der Waals surface area (Å²) in [6.07, 6.45) is 2.31. The van der Waals surface area contributed by atoms with Crippen LogP contribution in [0.3, 0.4) is 0 Å². The molecule has 1 saturated heterocycles. The fourth-order valence-electron chi connectivity index (χ4n) is 4.19. The number of ether oxygens (including phenoxy) is 2. The predicted octanol–water partition coefficient (Wildman–Crippen LogP) is 5.29. The number of nitrogens with zero attached hydrogens (tertiary/aromatic N) is 1. The zero-order chi connectivity index (χ0) is 19.1. The number of amides is 1. The van der Waals surface area contributed by atoms with Crippen LogP contribution in [0.2, 0.25) is 0 Å². The topological polar surface area (TPSA) is 38.8 Å². The Morgan fingerprint density at radius 3 is 2.78 bits per heavy atom. The van der Waals surface area contributed by atoms with Gasteiger partial charge in [0.2, 0.25) is 0 Å². The summed E-state index contributed by atoms with van der Waals surface area (Å²) >= 11 is 1.79. The van der Waals surface area contributed by atoms with Gasteiger partial charge in [-0.15, -0.1) is 11.3 Å². The highest BCUT2D eigenvalue weighted by Crippen LogP contribution is 2.49. The molecule has 4 nitrogen and oxygen atoms in total. The highest BCUT2D eigenvalue weighted by atomic mass is 32.1. The van der Waals surface area contributed by atoms with Crippen molar-refractivity contribution in [3.8, 4) is 0 Å². The number of carbonyl (C=O) groups excluding carboxylic acids is 1. The van der Waals surface area contributed by atoms with Crippen molar-refractivity contribution in [3.63, 3.8) is 0 Å². The first-order valence-corrected chi connectivity index (χ1v) is 10.5. The number of piperidine rings is 1. The third-order valence-electron chi connectivity index (χ3n) is 5.38. The fourth-order valence-corrected chi connectivity index (χ4v) is 5.33. The quantitative estimate of drug-likeness (QED) is 0.670. The molecule has 4 rings (SSSR count). The van der Waals surface area contributed by atoms with Crippen molar-refractivity contribution in [2.75, 3.05) is 13.2 Å². The molecule has 0 saturated carbocycles. The van der Waals surface area contributed by atoms with Gasteiger partial charge in [-0.05, 0) is 56.2 Å². The maximum Gasteiger partial charge on any atom is 0.410 e. The van der Waals surface area contributed by atoms with E-state index < -0.39 is 5.60 Å². The van der Waals surface area contributed by atoms with Crippen LogP contribution < -0.4 is 0 Å². The molecule has 1 aromatic carbocycles. The lowest BCUT2D eigenvalue weighted by Crippen LogP contribution is -2.50. The van der Waals surface area contributed by atoms with E-state index in [0.717, 1.165) is 31.4 Å². The molecule has 2 aliphatic heterocycles. The Kier molecular flexibility index (Phi) is 4.77. The third kappa shape index (κ3) is 3.63. The molecule has 0 radical (unpaired) electrons. The van der Waals surface area contributed by atoms with Crippen molar-refractivity contribution in [1.82, 2.24) is 4.90 Å². The second-order valence-electron chi connectivity index (χ2n) is 8.42. The number of rotatable bonds is 1. The predicted molar refractivity (Wildman–Crippen MR) is 107 cm³/mol. The maximum absolute atomic E-state index is 12.9. The van der Waals surface area contributed by atoms with Crippen molar-refractivity contribution in [1.29, 1.82) is 0 Å². The summed E-state index contributed by atoms with van der Waals surface area (Å²) in [4.78, 5) is 16.2. The number of likely N-dealkylation sites (tertiary alicyclic amines) is 1. The highest BCUT2D eigenvalue weighted by Gasteiger charge is 2.47. The Bertz CT molecular complexity index is 810. The van der Waals surface area contributed by atoms with Gasteiger partial charge in [-0.25, -0.2) is 4.79 Å². The van der Waals surface area contributed by atoms with E-state index in [1.807, 2.05) is 43.9 Å². The van der Waals surface area contributed by atoms with Gasteiger partial charge < -0.3 is 14.4 Å². The molecule has 0 N–H and O–H groups in total. The van der Waals surface area contributed by atoms with Crippen LogP contribution in [0.25, 0.3) is 0 Å². The van der Waals surface area contributed by atoms with Crippen molar-refractivity contribution in [2.45, 2.75) is 57.3 Å². The first-order chi connectivity index (χ1) is 12.9. The number of hydrogen-bond acceptors (Lipinski definition) is 4. The molecule has 0 bridgehead atoms. The lowest BCUT2D eigenvalue weighted by molar-refractivity contribution is -0.111. The Morgan fingerprint density at radius 1 is 1.26 bits per heavy atom. The van der Waals surface area contributed by atoms with Crippen LogP contribution in [0.15, 0.2) is 41.8 Å². The Hall–Kier alpha value is -1.85. The van der Waals surface area contributed by atoms with Crippen molar-refractivity contribution < 1.29 is 14.3 Å². The molecule has 2 unspecified atom stereocenters. The number of fused-ring (bicyclic) bond motifs is 2. The van der Waals surface area contributed by atoms with Gasteiger partial charge in [0.25, 0.3) is 0 Å². The molecule has 0 aliphatic carbocycles. The molecule has 1 aromatic heterocycles. The van der Waals surface area contributed by atoms with E-state index in [1.165, 1.54) is 10.4 Å². The molecule has 2 aliphatic rings. The summed E-state index contributed by atoms with van der Waals surface area (Å²) in [5, 5.41) is 2.17. The molecular formula is C22H27NO3S. The molecule has 1 fully saturated rings. The van der Waals surface area contributed by atoms with Crippen LogP contribution in [0.4, 0.5) is 4.79 Å². The monoisotopic (exact) mass is 385 g/mol. The molecule has 1 amide bonds. The number of hydrogen-bond donors (Lipinski definition) is 0. The van der Waals surface area contributed by atoms with Crippen LogP contribution in [-0.4, -0.2) is 29.7 Å². The second-order valence-corrected chi connectivity index (χ2v) is 9.34. The highest BCUT2D eigenvalue weighted by molar-refractivity contribution is 7.10. The van der Waals surface area contributed by atoms with Crippen LogP contribution in [0.5, 0.6) is 0 Å². The van der Waals surface area contributed by atoms with Gasteiger partial charge in [-0.1, -0.05) is 30.3 Å². The van der Waals surface area contributed by atoms with Gasteiger partial charge in [0.1, 0.15) is 11.2 Å². The summed E-state index contributed by atoms with van der Waals surface area (Å²) in [5.41, 5.74) is 1.75. The third-order valence-corrected chi connectivity index (χ3v) is 6.52. The van der Waals surface area contributed by atoms with Gasteiger partial charge >= 0.3 is 6.09 Å². The molecule has 3 heterocycles. The summed E-state index contributed by atoms with van der Waals surface area (Å²) < 4.78 is 12.1. The standard InChI is InChI=1S/C22H27NO3S/c1-21(2,3)26-20(24)23-12-11-22(15-18(23)16-7-5-4-6-8-16)19-17(9-13-25-22)10-14-27-19/h4-8,10,14,18H,9,11-13,15H2,1-3H3. The molecule has 2 atom stereocenters. The smallest absolute Gasteiger partial charge is 0.410 e. The van der Waals surface area contributed by atoms with Gasteiger partial charge in [0.15, 0.2) is 0 Å². The summed E-state index contributed by atoms with van der Waals surface area (Å²) in [7, 11) is 0. The first kappa shape index (κ1) is 18.5. The normalized spacial score (nSPS) is 25.3. The molecule has 2 aromatic rings. The van der Waals surface area contributed by atoms with Crippen LogP contribution in [0.1, 0.15) is 55.7 Å². The molecule has 5 heteroatoms. The minimum atomic E-state index is -0.504. The number of benzene rings is 1. The molecule has 144 valence electrons. The van der Waals surface area contributed by atoms with E-state index in [4.69, 9.17) is 9.47 Å². The average Bonchev–Trinajstić information content (AvgIpc) is 3.11. The van der Waals surface area contributed by atoms with Crippen LogP contribution >= 0.6 is 11.3 Å². The van der Waals surface area contributed by atoms with Gasteiger partial charge in [0.05, 0.1) is 12.6 Å². The van der Waals surface area contributed by atoms with Crippen molar-refractivity contribution in [2.24, 2.45) is 0 Å². The van der Waals surface area contributed by atoms with Gasteiger partial charge in [-0.3, -0.25) is 0 Å². The van der Waals surface area contributed by atoms with Gasteiger partial charge in [-0.2, -0.15) is 0 Å². The van der Waals surface area contributed by atoms with E-state index in [2.05, 4.69) is 23.6 Å². The fraction of sp³-hybridized carbons (Fsp3) is 0.500. The Labute approximate surface area is 165 Å². The largest absolute Gasteiger partial charge is 0.444 e. The number of carbonyl (C=O) groups is 1. The van der Waals surface area contributed by atoms with Crippen molar-refractivity contribution >= 4 is 17.4 Å². The Balaban J connectivity index is 1.68. The molecule has 27 heavy (non-hydrogen) atoms. The van der Waals surface area contributed by atoms with Crippen LogP contribution in [-0.2, 0) is 21.5 Å². The van der Waals surface area contributed by atoms with E-state index >= 15 is 0 Å². The molecular weight excluding hydrogens is 358 g/mol. The molecule has 1 spiro atoms. The van der Waals surface area contributed by atoms with Crippen LogP contribution in [0, 0.1) is 0 Å². The van der Waals surface area contributed by atoms with E-state index in [-0.39, 0.29) is 17.7 Å². The van der Waals surface area contributed by atoms with E-state index in [1.54, 1.807) is 11.3 Å². The minimum absolute atomic E-state index is 0.0529. The average molecular weight is 386 g/mol. The van der Waals surface area contributed by atoms with E-state index in [9.17, 15) is 4.79 Å².